The molecule has 1 unspecified atom stereocenters. The van der Waals surface area contributed by atoms with Crippen molar-refractivity contribution in [3.8, 4) is 6.01 Å². The lowest BCUT2D eigenvalue weighted by Gasteiger charge is -2.27. The molecule has 7 nitrogen and oxygen atoms in total. The van der Waals surface area contributed by atoms with E-state index in [4.69, 9.17) is 9.47 Å². The zero-order chi connectivity index (χ0) is 15.2. The van der Waals surface area contributed by atoms with Crippen LogP contribution in [-0.2, 0) is 4.74 Å². The van der Waals surface area contributed by atoms with Gasteiger partial charge in [-0.15, -0.1) is 0 Å². The third kappa shape index (κ3) is 4.42. The summed E-state index contributed by atoms with van der Waals surface area (Å²) in [6.45, 7) is 12.0. The first kappa shape index (κ1) is 15.8. The summed E-state index contributed by atoms with van der Waals surface area (Å²) in [5, 5.41) is 3.13. The van der Waals surface area contributed by atoms with Gasteiger partial charge in [0.25, 0.3) is 0 Å². The maximum absolute atomic E-state index is 5.83. The summed E-state index contributed by atoms with van der Waals surface area (Å²) in [5.74, 6) is 1.60. The quantitative estimate of drug-likeness (QED) is 0.853. The Morgan fingerprint density at radius 3 is 2.52 bits per heavy atom. The van der Waals surface area contributed by atoms with Crippen LogP contribution in [0, 0.1) is 5.92 Å². The minimum Gasteiger partial charge on any atom is -0.460 e. The highest BCUT2D eigenvalue weighted by atomic mass is 16.5. The standard InChI is InChI=1S/C14H25N5O2/c1-5-15-12-16-13(19-6-8-20-9-7-19)18-14(17-12)21-11(4)10(2)3/h10-11H,5-9H2,1-4H3,(H,15,16,17,18). The molecule has 0 amide bonds. The smallest absolute Gasteiger partial charge is 0.323 e. The van der Waals surface area contributed by atoms with Gasteiger partial charge in [0.2, 0.25) is 11.9 Å². The second-order valence-corrected chi connectivity index (χ2v) is 5.44. The number of anilines is 2. The molecule has 21 heavy (non-hydrogen) atoms. The molecular formula is C14H25N5O2. The number of ether oxygens (including phenoxy) is 2. The number of hydrogen-bond acceptors (Lipinski definition) is 7. The van der Waals surface area contributed by atoms with Crippen molar-refractivity contribution >= 4 is 11.9 Å². The minimum absolute atomic E-state index is 0.0550. The van der Waals surface area contributed by atoms with Crippen LogP contribution in [0.15, 0.2) is 0 Å². The molecule has 1 aromatic heterocycles. The molecule has 2 heterocycles. The van der Waals surface area contributed by atoms with Crippen LogP contribution in [0.25, 0.3) is 0 Å². The second kappa shape index (κ2) is 7.40. The van der Waals surface area contributed by atoms with Crippen molar-refractivity contribution in [1.29, 1.82) is 0 Å². The fourth-order valence-corrected chi connectivity index (χ4v) is 1.84. The number of rotatable bonds is 6. The van der Waals surface area contributed by atoms with Crippen molar-refractivity contribution in [3.63, 3.8) is 0 Å². The summed E-state index contributed by atoms with van der Waals surface area (Å²) in [7, 11) is 0. The van der Waals surface area contributed by atoms with Crippen molar-refractivity contribution in [2.45, 2.75) is 33.8 Å². The number of nitrogens with one attached hydrogen (secondary N) is 1. The molecule has 0 radical (unpaired) electrons. The topological polar surface area (TPSA) is 72.4 Å². The lowest BCUT2D eigenvalue weighted by atomic mass is 10.1. The van der Waals surface area contributed by atoms with E-state index in [9.17, 15) is 0 Å². The fourth-order valence-electron chi connectivity index (χ4n) is 1.84. The van der Waals surface area contributed by atoms with Crippen molar-refractivity contribution in [2.24, 2.45) is 5.92 Å². The Morgan fingerprint density at radius 1 is 1.19 bits per heavy atom. The molecule has 118 valence electrons. The molecule has 0 spiro atoms. The fraction of sp³-hybridized carbons (Fsp3) is 0.786. The van der Waals surface area contributed by atoms with Crippen LogP contribution in [0.3, 0.4) is 0 Å². The zero-order valence-electron chi connectivity index (χ0n) is 13.3. The van der Waals surface area contributed by atoms with E-state index in [0.29, 0.717) is 37.0 Å². The minimum atomic E-state index is 0.0550. The van der Waals surface area contributed by atoms with Gasteiger partial charge >= 0.3 is 6.01 Å². The summed E-state index contributed by atoms with van der Waals surface area (Å²) in [4.78, 5) is 15.3. The second-order valence-electron chi connectivity index (χ2n) is 5.44. The summed E-state index contributed by atoms with van der Waals surface area (Å²) < 4.78 is 11.2. The number of nitrogens with zero attached hydrogens (tertiary/aromatic N) is 4. The van der Waals surface area contributed by atoms with Gasteiger partial charge in [-0.2, -0.15) is 15.0 Å². The molecule has 7 heteroatoms. The Hall–Kier alpha value is -1.63. The van der Waals surface area contributed by atoms with Crippen LogP contribution in [0.5, 0.6) is 6.01 Å². The molecule has 0 saturated carbocycles. The van der Waals surface area contributed by atoms with Gasteiger partial charge in [0.1, 0.15) is 6.10 Å². The summed E-state index contributed by atoms with van der Waals surface area (Å²) >= 11 is 0. The molecule has 0 aromatic carbocycles. The maximum atomic E-state index is 5.83. The Balaban J connectivity index is 2.20. The average Bonchev–Trinajstić information content (AvgIpc) is 2.48. The van der Waals surface area contributed by atoms with E-state index in [0.717, 1.165) is 19.6 Å². The SMILES string of the molecule is CCNc1nc(OC(C)C(C)C)nc(N2CCOCC2)n1. The van der Waals surface area contributed by atoms with E-state index in [1.54, 1.807) is 0 Å². The van der Waals surface area contributed by atoms with Crippen LogP contribution in [-0.4, -0.2) is 53.9 Å². The van der Waals surface area contributed by atoms with E-state index in [2.05, 4.69) is 39.0 Å². The number of morpholine rings is 1. The van der Waals surface area contributed by atoms with Crippen LogP contribution >= 0.6 is 0 Å². The highest BCUT2D eigenvalue weighted by Crippen LogP contribution is 2.18. The monoisotopic (exact) mass is 295 g/mol. The van der Waals surface area contributed by atoms with Crippen LogP contribution in [0.1, 0.15) is 27.7 Å². The van der Waals surface area contributed by atoms with E-state index < -0.39 is 0 Å². The highest BCUT2D eigenvalue weighted by molar-refractivity contribution is 5.38. The van der Waals surface area contributed by atoms with Gasteiger partial charge in [-0.25, -0.2) is 0 Å². The molecule has 2 rings (SSSR count). The third-order valence-electron chi connectivity index (χ3n) is 3.46. The van der Waals surface area contributed by atoms with Gasteiger partial charge in [0.05, 0.1) is 13.2 Å². The molecule has 0 aliphatic carbocycles. The van der Waals surface area contributed by atoms with Gasteiger partial charge in [-0.3, -0.25) is 0 Å². The Bertz CT molecular complexity index is 449. The van der Waals surface area contributed by atoms with Gasteiger partial charge in [0.15, 0.2) is 0 Å². The van der Waals surface area contributed by atoms with Crippen molar-refractivity contribution in [2.75, 3.05) is 43.1 Å². The Morgan fingerprint density at radius 2 is 1.90 bits per heavy atom. The predicted octanol–water partition coefficient (Wildman–Crippen LogP) is 1.56. The first-order valence-electron chi connectivity index (χ1n) is 7.59. The highest BCUT2D eigenvalue weighted by Gasteiger charge is 2.18. The van der Waals surface area contributed by atoms with E-state index in [1.807, 2.05) is 13.8 Å². The zero-order valence-corrected chi connectivity index (χ0v) is 13.3. The van der Waals surface area contributed by atoms with E-state index in [1.165, 1.54) is 0 Å². The van der Waals surface area contributed by atoms with Crippen molar-refractivity contribution in [1.82, 2.24) is 15.0 Å². The van der Waals surface area contributed by atoms with E-state index >= 15 is 0 Å². The predicted molar refractivity (Wildman–Crippen MR) is 82.0 cm³/mol. The number of hydrogen-bond donors (Lipinski definition) is 1. The molecule has 1 aromatic rings. The molecule has 1 N–H and O–H groups in total. The molecule has 1 fully saturated rings. The maximum Gasteiger partial charge on any atom is 0.323 e. The third-order valence-corrected chi connectivity index (χ3v) is 3.46. The largest absolute Gasteiger partial charge is 0.460 e. The first-order chi connectivity index (χ1) is 10.1. The first-order valence-corrected chi connectivity index (χ1v) is 7.59. The summed E-state index contributed by atoms with van der Waals surface area (Å²) in [5.41, 5.74) is 0. The molecule has 0 bridgehead atoms. The average molecular weight is 295 g/mol. The van der Waals surface area contributed by atoms with E-state index in [-0.39, 0.29) is 6.10 Å². The molecule has 1 saturated heterocycles. The van der Waals surface area contributed by atoms with Crippen molar-refractivity contribution < 1.29 is 9.47 Å². The van der Waals surface area contributed by atoms with Gasteiger partial charge in [-0.05, 0) is 19.8 Å². The lowest BCUT2D eigenvalue weighted by molar-refractivity contribution is 0.121. The van der Waals surface area contributed by atoms with Gasteiger partial charge in [0, 0.05) is 19.6 Å². The molecular weight excluding hydrogens is 270 g/mol. The molecule has 1 aliphatic rings. The molecule has 1 atom stereocenters. The van der Waals surface area contributed by atoms with Crippen LogP contribution < -0.4 is 15.0 Å². The van der Waals surface area contributed by atoms with Crippen LogP contribution in [0.4, 0.5) is 11.9 Å². The Kier molecular flexibility index (Phi) is 5.55. The van der Waals surface area contributed by atoms with Crippen molar-refractivity contribution in [3.05, 3.63) is 0 Å². The van der Waals surface area contributed by atoms with Gasteiger partial charge in [-0.1, -0.05) is 13.8 Å². The Labute approximate surface area is 126 Å². The summed E-state index contributed by atoms with van der Waals surface area (Å²) in [6, 6.07) is 0.378. The molecule has 1 aliphatic heterocycles. The number of aromatic nitrogens is 3. The van der Waals surface area contributed by atoms with Crippen LogP contribution in [0.2, 0.25) is 0 Å². The lowest BCUT2D eigenvalue weighted by Crippen LogP contribution is -2.37. The van der Waals surface area contributed by atoms with Gasteiger partial charge < -0.3 is 19.7 Å². The normalized spacial score (nSPS) is 16.9. The summed E-state index contributed by atoms with van der Waals surface area (Å²) in [6.07, 6.45) is 0.0550.